The van der Waals surface area contributed by atoms with Crippen LogP contribution >= 0.6 is 0 Å². The average molecular weight is 343 g/mol. The molecule has 134 valence electrons. The van der Waals surface area contributed by atoms with Crippen LogP contribution in [0.1, 0.15) is 43.4 Å². The molecular formula is C18H25N5O2. The number of likely N-dealkylation sites (tertiary alicyclic amines) is 1. The normalized spacial score (nSPS) is 17.3. The highest BCUT2D eigenvalue weighted by molar-refractivity contribution is 5.93. The van der Waals surface area contributed by atoms with Gasteiger partial charge in [-0.1, -0.05) is 12.1 Å². The molecule has 0 spiro atoms. The van der Waals surface area contributed by atoms with Gasteiger partial charge in [0.25, 0.3) is 5.91 Å². The van der Waals surface area contributed by atoms with Crippen LogP contribution in [-0.2, 0) is 6.42 Å². The summed E-state index contributed by atoms with van der Waals surface area (Å²) in [5.74, 6) is 0.718. The summed E-state index contributed by atoms with van der Waals surface area (Å²) in [6, 6.07) is 7.70. The predicted octanol–water partition coefficient (Wildman–Crippen LogP) is 1.79. The Morgan fingerprint density at radius 1 is 1.36 bits per heavy atom. The Bertz CT molecular complexity index is 738. The highest BCUT2D eigenvalue weighted by atomic mass is 16.5. The lowest BCUT2D eigenvalue weighted by atomic mass is 10.2. The highest BCUT2D eigenvalue weighted by Gasteiger charge is 2.29. The molecule has 7 heteroatoms. The molecule has 2 N–H and O–H groups in total. The van der Waals surface area contributed by atoms with E-state index < -0.39 is 0 Å². The van der Waals surface area contributed by atoms with Crippen molar-refractivity contribution in [3.8, 4) is 11.4 Å². The Labute approximate surface area is 147 Å². The molecule has 1 aliphatic rings. The van der Waals surface area contributed by atoms with Crippen LogP contribution < -0.4 is 10.5 Å². The van der Waals surface area contributed by atoms with E-state index in [1.165, 1.54) is 0 Å². The second kappa shape index (κ2) is 7.23. The number of rotatable bonds is 5. The first kappa shape index (κ1) is 17.4. The third kappa shape index (κ3) is 3.66. The summed E-state index contributed by atoms with van der Waals surface area (Å²) in [6.45, 7) is 7.23. The lowest BCUT2D eigenvalue weighted by molar-refractivity contribution is 0.0784. The Hall–Kier alpha value is -2.41. The minimum absolute atomic E-state index is 0.0533. The quantitative estimate of drug-likeness (QED) is 0.894. The lowest BCUT2D eigenvalue weighted by Gasteiger charge is -2.15. The summed E-state index contributed by atoms with van der Waals surface area (Å²) < 4.78 is 7.39. The standard InChI is InChI=1S/C18H25N5O2/c1-4-16-17(18(24)22-10-9-13(19)11-22)20-21-23(16)14-5-7-15(8-6-14)25-12(2)3/h5-8,12-13H,4,9-11,19H2,1-3H3/t13-/m1/s1. The van der Waals surface area contributed by atoms with Crippen LogP contribution in [0.5, 0.6) is 5.75 Å². The van der Waals surface area contributed by atoms with Crippen LogP contribution in [0.4, 0.5) is 0 Å². The number of aromatic nitrogens is 3. The van der Waals surface area contributed by atoms with E-state index in [1.807, 2.05) is 45.0 Å². The van der Waals surface area contributed by atoms with Crippen molar-refractivity contribution in [1.29, 1.82) is 0 Å². The molecule has 1 atom stereocenters. The molecule has 1 amide bonds. The molecule has 7 nitrogen and oxygen atoms in total. The van der Waals surface area contributed by atoms with Crippen LogP contribution in [0.25, 0.3) is 5.69 Å². The number of nitrogens with zero attached hydrogens (tertiary/aromatic N) is 4. The zero-order valence-electron chi connectivity index (χ0n) is 15.0. The van der Waals surface area contributed by atoms with Crippen molar-refractivity contribution >= 4 is 5.91 Å². The van der Waals surface area contributed by atoms with Crippen molar-refractivity contribution in [2.75, 3.05) is 13.1 Å². The van der Waals surface area contributed by atoms with Crippen molar-refractivity contribution in [1.82, 2.24) is 19.9 Å². The fourth-order valence-corrected chi connectivity index (χ4v) is 3.05. The number of carbonyl (C=O) groups is 1. The van der Waals surface area contributed by atoms with Crippen molar-refractivity contribution in [3.63, 3.8) is 0 Å². The number of nitrogens with two attached hydrogens (primary N) is 1. The maximum Gasteiger partial charge on any atom is 0.276 e. The Balaban J connectivity index is 1.85. The van der Waals surface area contributed by atoms with Crippen molar-refractivity contribution in [2.24, 2.45) is 5.73 Å². The Morgan fingerprint density at radius 3 is 2.64 bits per heavy atom. The first-order valence-electron chi connectivity index (χ1n) is 8.76. The fraction of sp³-hybridized carbons (Fsp3) is 0.500. The smallest absolute Gasteiger partial charge is 0.276 e. The van der Waals surface area contributed by atoms with Crippen LogP contribution in [0.3, 0.4) is 0 Å². The monoisotopic (exact) mass is 343 g/mol. The first-order valence-corrected chi connectivity index (χ1v) is 8.76. The van der Waals surface area contributed by atoms with E-state index in [9.17, 15) is 4.79 Å². The third-order valence-corrected chi connectivity index (χ3v) is 4.27. The zero-order valence-corrected chi connectivity index (χ0v) is 15.0. The van der Waals surface area contributed by atoms with Crippen molar-refractivity contribution < 1.29 is 9.53 Å². The van der Waals surface area contributed by atoms with Gasteiger partial charge < -0.3 is 15.4 Å². The van der Waals surface area contributed by atoms with E-state index in [-0.39, 0.29) is 18.1 Å². The van der Waals surface area contributed by atoms with Gasteiger partial charge in [-0.05, 0) is 51.0 Å². The minimum Gasteiger partial charge on any atom is -0.491 e. The van der Waals surface area contributed by atoms with Gasteiger partial charge in [0.15, 0.2) is 5.69 Å². The summed E-state index contributed by atoms with van der Waals surface area (Å²) in [7, 11) is 0. The maximum atomic E-state index is 12.7. The van der Waals surface area contributed by atoms with Gasteiger partial charge in [0.1, 0.15) is 5.75 Å². The summed E-state index contributed by atoms with van der Waals surface area (Å²) >= 11 is 0. The van der Waals surface area contributed by atoms with Crippen LogP contribution in [0.15, 0.2) is 24.3 Å². The largest absolute Gasteiger partial charge is 0.491 e. The maximum absolute atomic E-state index is 12.7. The van der Waals surface area contributed by atoms with Crippen molar-refractivity contribution in [2.45, 2.75) is 45.8 Å². The zero-order chi connectivity index (χ0) is 18.0. The van der Waals surface area contributed by atoms with Crippen LogP contribution in [-0.4, -0.2) is 51.0 Å². The number of amides is 1. The van der Waals surface area contributed by atoms with Gasteiger partial charge in [-0.15, -0.1) is 5.10 Å². The van der Waals surface area contributed by atoms with Crippen LogP contribution in [0.2, 0.25) is 0 Å². The van der Waals surface area contributed by atoms with Gasteiger partial charge >= 0.3 is 0 Å². The van der Waals surface area contributed by atoms with Gasteiger partial charge in [0.05, 0.1) is 17.5 Å². The average Bonchev–Trinajstić information content (AvgIpc) is 3.20. The molecule has 0 unspecified atom stereocenters. The number of hydrogen-bond acceptors (Lipinski definition) is 5. The van der Waals surface area contributed by atoms with E-state index >= 15 is 0 Å². The van der Waals surface area contributed by atoms with E-state index in [4.69, 9.17) is 10.5 Å². The predicted molar refractivity (Wildman–Crippen MR) is 95.0 cm³/mol. The molecule has 0 radical (unpaired) electrons. The molecule has 1 aromatic carbocycles. The second-order valence-electron chi connectivity index (χ2n) is 6.61. The summed E-state index contributed by atoms with van der Waals surface area (Å²) in [5.41, 5.74) is 7.99. The molecule has 0 bridgehead atoms. The van der Waals surface area contributed by atoms with Crippen molar-refractivity contribution in [3.05, 3.63) is 35.7 Å². The van der Waals surface area contributed by atoms with E-state index in [0.717, 1.165) is 23.6 Å². The van der Waals surface area contributed by atoms with E-state index in [1.54, 1.807) is 9.58 Å². The SMILES string of the molecule is CCc1c(C(=O)N2CC[C@@H](N)C2)nnn1-c1ccc(OC(C)C)cc1. The molecule has 1 aromatic heterocycles. The number of benzene rings is 1. The topological polar surface area (TPSA) is 86.3 Å². The fourth-order valence-electron chi connectivity index (χ4n) is 3.05. The van der Waals surface area contributed by atoms with Gasteiger partial charge in [-0.3, -0.25) is 4.79 Å². The Morgan fingerprint density at radius 2 is 2.08 bits per heavy atom. The van der Waals surface area contributed by atoms with Gasteiger partial charge in [0, 0.05) is 19.1 Å². The van der Waals surface area contributed by atoms with Crippen LogP contribution in [0, 0.1) is 0 Å². The second-order valence-corrected chi connectivity index (χ2v) is 6.61. The van der Waals surface area contributed by atoms with E-state index in [0.29, 0.717) is 25.2 Å². The molecule has 25 heavy (non-hydrogen) atoms. The molecule has 1 aliphatic heterocycles. The molecular weight excluding hydrogens is 318 g/mol. The molecule has 0 saturated carbocycles. The molecule has 3 rings (SSSR count). The summed E-state index contributed by atoms with van der Waals surface area (Å²) in [6.07, 6.45) is 1.62. The molecule has 1 saturated heterocycles. The number of carbonyl (C=O) groups excluding carboxylic acids is 1. The lowest BCUT2D eigenvalue weighted by Crippen LogP contribution is -2.32. The van der Waals surface area contributed by atoms with Gasteiger partial charge in [0.2, 0.25) is 0 Å². The summed E-state index contributed by atoms with van der Waals surface area (Å²) in [4.78, 5) is 14.5. The first-order chi connectivity index (χ1) is 12.0. The van der Waals surface area contributed by atoms with Gasteiger partial charge in [-0.25, -0.2) is 4.68 Å². The minimum atomic E-state index is -0.0872. The molecule has 0 aliphatic carbocycles. The summed E-state index contributed by atoms with van der Waals surface area (Å²) in [5, 5.41) is 8.36. The number of hydrogen-bond donors (Lipinski definition) is 1. The molecule has 2 aromatic rings. The Kier molecular flexibility index (Phi) is 5.03. The van der Waals surface area contributed by atoms with E-state index in [2.05, 4.69) is 10.3 Å². The molecule has 1 fully saturated rings. The van der Waals surface area contributed by atoms with Gasteiger partial charge in [-0.2, -0.15) is 0 Å². The highest BCUT2D eigenvalue weighted by Crippen LogP contribution is 2.20. The number of ether oxygens (including phenoxy) is 1. The third-order valence-electron chi connectivity index (χ3n) is 4.27. The molecule has 2 heterocycles.